The van der Waals surface area contributed by atoms with E-state index in [1.165, 1.54) is 21.9 Å². The summed E-state index contributed by atoms with van der Waals surface area (Å²) < 4.78 is 0. The molecule has 0 aliphatic carbocycles. The minimum Gasteiger partial charge on any atom is -0.367 e. The first-order chi connectivity index (χ1) is 12.2. The van der Waals surface area contributed by atoms with Crippen molar-refractivity contribution < 1.29 is 14.5 Å². The molecule has 2 aliphatic heterocycles. The number of anilines is 1. The number of fused-ring (bicyclic) bond motifs is 1. The fourth-order valence-electron chi connectivity index (χ4n) is 4.07. The zero-order chi connectivity index (χ0) is 19.4. The van der Waals surface area contributed by atoms with Gasteiger partial charge in [-0.1, -0.05) is 0 Å². The van der Waals surface area contributed by atoms with Gasteiger partial charge in [0.2, 0.25) is 11.8 Å². The Morgan fingerprint density at radius 2 is 1.85 bits per heavy atom. The zero-order valence-electron chi connectivity index (χ0n) is 15.1. The highest BCUT2D eigenvalue weighted by Gasteiger charge is 2.60. The summed E-state index contributed by atoms with van der Waals surface area (Å²) in [7, 11) is 3.11. The van der Waals surface area contributed by atoms with Crippen molar-refractivity contribution in [3.8, 4) is 0 Å². The maximum Gasteiger partial charge on any atom is 0.269 e. The van der Waals surface area contributed by atoms with Crippen LogP contribution in [-0.2, 0) is 16.0 Å². The van der Waals surface area contributed by atoms with Gasteiger partial charge in [-0.25, -0.2) is 0 Å². The molecule has 3 rings (SSSR count). The van der Waals surface area contributed by atoms with Crippen LogP contribution in [0.3, 0.4) is 0 Å². The molecule has 1 aromatic carbocycles. The van der Waals surface area contributed by atoms with Crippen LogP contribution in [0.1, 0.15) is 19.4 Å². The van der Waals surface area contributed by atoms with E-state index in [0.717, 1.165) is 5.69 Å². The number of carbonyl (C=O) groups excluding carboxylic acids is 2. The van der Waals surface area contributed by atoms with Crippen LogP contribution in [0.25, 0.3) is 0 Å². The highest BCUT2D eigenvalue weighted by atomic mass is 32.1. The molecular weight excluding hydrogens is 356 g/mol. The lowest BCUT2D eigenvalue weighted by Crippen LogP contribution is -2.70. The molecule has 2 amide bonds. The van der Waals surface area contributed by atoms with Gasteiger partial charge in [-0.05, 0) is 37.7 Å². The Bertz CT molecular complexity index is 816. The monoisotopic (exact) mass is 376 g/mol. The van der Waals surface area contributed by atoms with Crippen molar-refractivity contribution in [2.45, 2.75) is 26.3 Å². The van der Waals surface area contributed by atoms with Crippen molar-refractivity contribution in [2.24, 2.45) is 5.41 Å². The van der Waals surface area contributed by atoms with E-state index in [2.05, 4.69) is 0 Å². The number of nitro benzene ring substituents is 1. The standard InChI is InChI=1S/C17H20N4O4S/c1-5-20-10(2)17(14(22)18(3)16(26)19(4)15(17)23)9-11-8-12(21(24)25)6-7-13(11)20/h6-8,10H,5,9H2,1-4H3. The summed E-state index contributed by atoms with van der Waals surface area (Å²) in [5.74, 6) is -0.734. The number of rotatable bonds is 2. The number of hydrogen-bond donors (Lipinski definition) is 0. The van der Waals surface area contributed by atoms with Crippen molar-refractivity contribution in [3.05, 3.63) is 33.9 Å². The Kier molecular flexibility index (Phi) is 4.22. The normalized spacial score (nSPS) is 22.1. The van der Waals surface area contributed by atoms with Crippen LogP contribution in [0, 0.1) is 15.5 Å². The fourth-order valence-corrected chi connectivity index (χ4v) is 4.24. The topological polar surface area (TPSA) is 87.0 Å². The minimum atomic E-state index is -1.36. The van der Waals surface area contributed by atoms with E-state index < -0.39 is 16.4 Å². The Hall–Kier alpha value is -2.55. The van der Waals surface area contributed by atoms with Crippen LogP contribution in [-0.4, -0.2) is 58.3 Å². The summed E-state index contributed by atoms with van der Waals surface area (Å²) in [6, 6.07) is 4.19. The summed E-state index contributed by atoms with van der Waals surface area (Å²) in [5, 5.41) is 11.3. The van der Waals surface area contributed by atoms with Crippen LogP contribution >= 0.6 is 12.2 Å². The molecular formula is C17H20N4O4S. The lowest BCUT2D eigenvalue weighted by atomic mass is 9.68. The summed E-state index contributed by atoms with van der Waals surface area (Å²) in [6.07, 6.45) is 0.108. The molecule has 2 heterocycles. The van der Waals surface area contributed by atoms with E-state index in [0.29, 0.717) is 12.1 Å². The summed E-state index contributed by atoms with van der Waals surface area (Å²) in [6.45, 7) is 4.34. The van der Waals surface area contributed by atoms with Gasteiger partial charge in [-0.2, -0.15) is 0 Å². The van der Waals surface area contributed by atoms with Gasteiger partial charge in [-0.3, -0.25) is 29.5 Å². The molecule has 9 heteroatoms. The third-order valence-corrected chi connectivity index (χ3v) is 6.07. The summed E-state index contributed by atoms with van der Waals surface area (Å²) in [4.78, 5) is 41.7. The molecule has 138 valence electrons. The zero-order valence-corrected chi connectivity index (χ0v) is 15.9. The maximum absolute atomic E-state index is 13.2. The second kappa shape index (κ2) is 6.01. The highest BCUT2D eigenvalue weighted by molar-refractivity contribution is 7.80. The van der Waals surface area contributed by atoms with Gasteiger partial charge < -0.3 is 4.90 Å². The third kappa shape index (κ3) is 2.23. The number of thiocarbonyl (C=S) groups is 1. The molecule has 0 saturated carbocycles. The molecule has 1 aromatic rings. The average Bonchev–Trinajstić information content (AvgIpc) is 2.63. The van der Waals surface area contributed by atoms with E-state index in [1.807, 2.05) is 18.7 Å². The van der Waals surface area contributed by atoms with Crippen molar-refractivity contribution >= 4 is 40.5 Å². The molecule has 1 fully saturated rings. The molecule has 0 aromatic heterocycles. The molecule has 1 spiro atoms. The smallest absolute Gasteiger partial charge is 0.269 e. The maximum atomic E-state index is 13.2. The van der Waals surface area contributed by atoms with Gasteiger partial charge in [-0.15, -0.1) is 0 Å². The first-order valence-electron chi connectivity index (χ1n) is 8.31. The van der Waals surface area contributed by atoms with Gasteiger partial charge in [0, 0.05) is 50.9 Å². The SMILES string of the molecule is CCN1c2ccc([N+](=O)[O-])cc2CC2(C(=O)N(C)C(=S)N(C)C2=O)C1C. The van der Waals surface area contributed by atoms with Crippen LogP contribution in [0.15, 0.2) is 18.2 Å². The molecule has 1 atom stereocenters. The lowest BCUT2D eigenvalue weighted by molar-refractivity contribution is -0.384. The van der Waals surface area contributed by atoms with Gasteiger partial charge >= 0.3 is 0 Å². The van der Waals surface area contributed by atoms with Crippen LogP contribution in [0.2, 0.25) is 0 Å². The van der Waals surface area contributed by atoms with Crippen LogP contribution in [0.5, 0.6) is 0 Å². The molecule has 1 unspecified atom stereocenters. The Morgan fingerprint density at radius 3 is 2.35 bits per heavy atom. The molecule has 26 heavy (non-hydrogen) atoms. The van der Waals surface area contributed by atoms with E-state index in [1.54, 1.807) is 20.2 Å². The Labute approximate surface area is 156 Å². The lowest BCUT2D eigenvalue weighted by Gasteiger charge is -2.52. The van der Waals surface area contributed by atoms with Gasteiger partial charge in [0.15, 0.2) is 10.5 Å². The number of non-ortho nitro benzene ring substituents is 1. The number of benzene rings is 1. The number of amides is 2. The fraction of sp³-hybridized carbons (Fsp3) is 0.471. The minimum absolute atomic E-state index is 0.0579. The van der Waals surface area contributed by atoms with Crippen LogP contribution < -0.4 is 4.90 Å². The van der Waals surface area contributed by atoms with Gasteiger partial charge in [0.1, 0.15) is 0 Å². The highest BCUT2D eigenvalue weighted by Crippen LogP contribution is 2.46. The molecule has 0 radical (unpaired) electrons. The second-order valence-electron chi connectivity index (χ2n) is 6.69. The van der Waals surface area contributed by atoms with Gasteiger partial charge in [0.25, 0.3) is 5.69 Å². The van der Waals surface area contributed by atoms with Crippen molar-refractivity contribution in [1.82, 2.24) is 9.80 Å². The molecule has 2 aliphatic rings. The van der Waals surface area contributed by atoms with E-state index in [9.17, 15) is 19.7 Å². The van der Waals surface area contributed by atoms with E-state index >= 15 is 0 Å². The number of hydrogen-bond acceptors (Lipinski definition) is 6. The predicted octanol–water partition coefficient (Wildman–Crippen LogP) is 1.57. The second-order valence-corrected chi connectivity index (χ2v) is 7.06. The number of nitrogens with zero attached hydrogens (tertiary/aromatic N) is 4. The Morgan fingerprint density at radius 1 is 1.27 bits per heavy atom. The largest absolute Gasteiger partial charge is 0.367 e. The number of carbonyl (C=O) groups is 2. The predicted molar refractivity (Wildman–Crippen MR) is 99.9 cm³/mol. The third-order valence-electron chi connectivity index (χ3n) is 5.52. The molecule has 0 N–H and O–H groups in total. The first-order valence-corrected chi connectivity index (χ1v) is 8.71. The van der Waals surface area contributed by atoms with Gasteiger partial charge in [0.05, 0.1) is 4.92 Å². The van der Waals surface area contributed by atoms with Crippen molar-refractivity contribution in [2.75, 3.05) is 25.5 Å². The summed E-state index contributed by atoms with van der Waals surface area (Å²) in [5.41, 5.74) is 0.0209. The van der Waals surface area contributed by atoms with E-state index in [-0.39, 0.29) is 29.0 Å². The Balaban J connectivity index is 2.22. The molecule has 8 nitrogen and oxygen atoms in total. The van der Waals surface area contributed by atoms with Crippen LogP contribution in [0.4, 0.5) is 11.4 Å². The molecule has 0 bridgehead atoms. The number of nitro groups is 1. The first kappa shape index (κ1) is 18.2. The molecule has 1 saturated heterocycles. The average molecular weight is 376 g/mol. The van der Waals surface area contributed by atoms with E-state index in [4.69, 9.17) is 12.2 Å². The van der Waals surface area contributed by atoms with Crippen molar-refractivity contribution in [3.63, 3.8) is 0 Å². The quantitative estimate of drug-likeness (QED) is 0.337. The summed E-state index contributed by atoms with van der Waals surface area (Å²) >= 11 is 5.19. The van der Waals surface area contributed by atoms with Crippen molar-refractivity contribution in [1.29, 1.82) is 0 Å².